The maximum atomic E-state index is 5.99. The smallest absolute Gasteiger partial charge is 0.319 e. The lowest BCUT2D eigenvalue weighted by Crippen LogP contribution is -2.39. The highest BCUT2D eigenvalue weighted by Crippen LogP contribution is 2.30. The molecule has 32 heavy (non-hydrogen) atoms. The Labute approximate surface area is 188 Å². The maximum Gasteiger partial charge on any atom is 0.319 e. The molecule has 0 bridgehead atoms. The van der Waals surface area contributed by atoms with Crippen LogP contribution in [0.1, 0.15) is 5.56 Å². The Kier molecular flexibility index (Phi) is 6.43. The molecule has 5 rings (SSSR count). The lowest BCUT2D eigenvalue weighted by Gasteiger charge is -2.29. The van der Waals surface area contributed by atoms with Gasteiger partial charge in [0, 0.05) is 43.7 Å². The summed E-state index contributed by atoms with van der Waals surface area (Å²) in [6.45, 7) is 9.87. The third-order valence-corrected chi connectivity index (χ3v) is 5.91. The largest absolute Gasteiger partial charge is 0.462 e. The zero-order chi connectivity index (χ0) is 21.8. The number of nitrogens with zero attached hydrogens (tertiary/aromatic N) is 5. The lowest BCUT2D eigenvalue weighted by molar-refractivity contribution is 0.0317. The number of fused-ring (bicyclic) bond motifs is 1. The highest BCUT2D eigenvalue weighted by atomic mass is 16.5. The second-order valence-corrected chi connectivity index (χ2v) is 8.19. The van der Waals surface area contributed by atoms with Crippen molar-refractivity contribution < 1.29 is 14.2 Å². The van der Waals surface area contributed by atoms with Crippen LogP contribution in [0.2, 0.25) is 0 Å². The van der Waals surface area contributed by atoms with Crippen LogP contribution in [0.4, 0.5) is 5.82 Å². The molecule has 0 spiro atoms. The predicted octanol–water partition coefficient (Wildman–Crippen LogP) is 2.55. The van der Waals surface area contributed by atoms with Gasteiger partial charge < -0.3 is 19.1 Å². The van der Waals surface area contributed by atoms with E-state index in [0.29, 0.717) is 25.8 Å². The number of benzene rings is 1. The Balaban J connectivity index is 1.44. The van der Waals surface area contributed by atoms with E-state index in [1.807, 2.05) is 6.20 Å². The molecule has 0 N–H and O–H groups in total. The average Bonchev–Trinajstić information content (AvgIpc) is 2.84. The molecular formula is C24H29N5O3. The minimum atomic E-state index is 0.400. The van der Waals surface area contributed by atoms with Crippen LogP contribution in [0.25, 0.3) is 22.2 Å². The lowest BCUT2D eigenvalue weighted by atomic mass is 10.1. The summed E-state index contributed by atoms with van der Waals surface area (Å²) < 4.78 is 17.0. The molecule has 4 heterocycles. The van der Waals surface area contributed by atoms with Crippen molar-refractivity contribution in [3.05, 3.63) is 42.1 Å². The van der Waals surface area contributed by atoms with Crippen LogP contribution in [-0.4, -0.2) is 85.6 Å². The predicted molar refractivity (Wildman–Crippen MR) is 123 cm³/mol. The topological polar surface area (TPSA) is 72.8 Å². The number of hydrogen-bond donors (Lipinski definition) is 0. The first-order valence-electron chi connectivity index (χ1n) is 11.3. The molecule has 2 fully saturated rings. The Hall–Kier alpha value is -2.81. The second kappa shape index (κ2) is 9.77. The summed E-state index contributed by atoms with van der Waals surface area (Å²) in [5.41, 5.74) is 4.00. The molecule has 0 radical (unpaired) electrons. The van der Waals surface area contributed by atoms with Crippen molar-refractivity contribution in [1.82, 2.24) is 19.9 Å². The molecular weight excluding hydrogens is 406 g/mol. The fourth-order valence-corrected chi connectivity index (χ4v) is 4.13. The standard InChI is InChI=1S/C24H29N5O3/c1-18-3-2-4-19(15-18)21-16-20-22(17-25-21)26-24(27-23(20)29-8-12-31-13-9-29)32-14-7-28-5-10-30-11-6-28/h2-4,15-17H,5-14H2,1H3. The van der Waals surface area contributed by atoms with Crippen molar-refractivity contribution in [3.63, 3.8) is 0 Å². The van der Waals surface area contributed by atoms with E-state index in [-0.39, 0.29) is 0 Å². The summed E-state index contributed by atoms with van der Waals surface area (Å²) in [7, 11) is 0. The maximum absolute atomic E-state index is 5.99. The zero-order valence-electron chi connectivity index (χ0n) is 18.5. The Morgan fingerprint density at radius 3 is 2.53 bits per heavy atom. The number of morpholine rings is 2. The van der Waals surface area contributed by atoms with Crippen LogP contribution in [0.3, 0.4) is 0 Å². The van der Waals surface area contributed by atoms with Gasteiger partial charge in [0.15, 0.2) is 0 Å². The fourth-order valence-electron chi connectivity index (χ4n) is 4.13. The van der Waals surface area contributed by atoms with Gasteiger partial charge in [-0.1, -0.05) is 23.8 Å². The van der Waals surface area contributed by atoms with Crippen molar-refractivity contribution in [3.8, 4) is 17.3 Å². The number of rotatable bonds is 6. The SMILES string of the molecule is Cc1cccc(-c2cc3c(N4CCOCC4)nc(OCCN4CCOCC4)nc3cn2)c1. The molecule has 8 heteroatoms. The van der Waals surface area contributed by atoms with Gasteiger partial charge in [0.25, 0.3) is 0 Å². The highest BCUT2D eigenvalue weighted by Gasteiger charge is 2.19. The number of anilines is 1. The Bertz CT molecular complexity index is 1060. The van der Waals surface area contributed by atoms with E-state index in [9.17, 15) is 0 Å². The molecule has 0 unspecified atom stereocenters. The van der Waals surface area contributed by atoms with Crippen LogP contribution in [-0.2, 0) is 9.47 Å². The summed E-state index contributed by atoms with van der Waals surface area (Å²) in [6, 6.07) is 10.9. The van der Waals surface area contributed by atoms with Crippen LogP contribution < -0.4 is 9.64 Å². The van der Waals surface area contributed by atoms with E-state index in [4.69, 9.17) is 19.2 Å². The first-order chi connectivity index (χ1) is 15.8. The van der Waals surface area contributed by atoms with Gasteiger partial charge in [-0.15, -0.1) is 0 Å². The van der Waals surface area contributed by atoms with Crippen LogP contribution in [0, 0.1) is 6.92 Å². The summed E-state index contributed by atoms with van der Waals surface area (Å²) in [6.07, 6.45) is 1.83. The number of pyridine rings is 1. The minimum Gasteiger partial charge on any atom is -0.462 e. The molecule has 168 valence electrons. The third-order valence-electron chi connectivity index (χ3n) is 5.91. The second-order valence-electron chi connectivity index (χ2n) is 8.19. The molecule has 0 aliphatic carbocycles. The monoisotopic (exact) mass is 435 g/mol. The molecule has 2 aliphatic heterocycles. The van der Waals surface area contributed by atoms with E-state index in [1.54, 1.807) is 0 Å². The normalized spacial score (nSPS) is 17.6. The minimum absolute atomic E-state index is 0.400. The average molecular weight is 436 g/mol. The van der Waals surface area contributed by atoms with E-state index in [1.165, 1.54) is 5.56 Å². The summed E-state index contributed by atoms with van der Waals surface area (Å²) in [5.74, 6) is 0.885. The molecule has 8 nitrogen and oxygen atoms in total. The Morgan fingerprint density at radius 1 is 0.969 bits per heavy atom. The van der Waals surface area contributed by atoms with Gasteiger partial charge in [-0.25, -0.2) is 0 Å². The van der Waals surface area contributed by atoms with Crippen LogP contribution in [0.15, 0.2) is 36.5 Å². The van der Waals surface area contributed by atoms with E-state index in [2.05, 4.69) is 57.0 Å². The highest BCUT2D eigenvalue weighted by molar-refractivity contribution is 5.92. The van der Waals surface area contributed by atoms with Gasteiger partial charge in [-0.2, -0.15) is 9.97 Å². The van der Waals surface area contributed by atoms with Crippen LogP contribution >= 0.6 is 0 Å². The molecule has 1 aromatic carbocycles. The van der Waals surface area contributed by atoms with Gasteiger partial charge in [-0.05, 0) is 19.1 Å². The van der Waals surface area contributed by atoms with Gasteiger partial charge in [0.05, 0.1) is 43.8 Å². The number of aromatic nitrogens is 3. The van der Waals surface area contributed by atoms with Crippen molar-refractivity contribution in [1.29, 1.82) is 0 Å². The number of hydrogen-bond acceptors (Lipinski definition) is 8. The quantitative estimate of drug-likeness (QED) is 0.585. The van der Waals surface area contributed by atoms with Crippen LogP contribution in [0.5, 0.6) is 6.01 Å². The summed E-state index contributed by atoms with van der Waals surface area (Å²) in [5, 5.41) is 0.985. The summed E-state index contributed by atoms with van der Waals surface area (Å²) >= 11 is 0. The number of aryl methyl sites for hydroxylation is 1. The first-order valence-corrected chi connectivity index (χ1v) is 11.3. The van der Waals surface area contributed by atoms with Crippen molar-refractivity contribution in [2.45, 2.75) is 6.92 Å². The molecule has 2 aromatic heterocycles. The first kappa shape index (κ1) is 21.1. The van der Waals surface area contributed by atoms with E-state index in [0.717, 1.165) is 73.9 Å². The van der Waals surface area contributed by atoms with Gasteiger partial charge >= 0.3 is 6.01 Å². The van der Waals surface area contributed by atoms with Gasteiger partial charge in [0.1, 0.15) is 12.4 Å². The molecule has 0 atom stereocenters. The fraction of sp³-hybridized carbons (Fsp3) is 0.458. The molecule has 2 aliphatic rings. The molecule has 3 aromatic rings. The molecule has 0 amide bonds. The van der Waals surface area contributed by atoms with E-state index < -0.39 is 0 Å². The summed E-state index contributed by atoms with van der Waals surface area (Å²) in [4.78, 5) is 18.8. The zero-order valence-corrected chi connectivity index (χ0v) is 18.5. The van der Waals surface area contributed by atoms with Gasteiger partial charge in [0.2, 0.25) is 0 Å². The van der Waals surface area contributed by atoms with Crippen molar-refractivity contribution in [2.75, 3.05) is 70.7 Å². The third kappa shape index (κ3) is 4.82. The van der Waals surface area contributed by atoms with Crippen molar-refractivity contribution >= 4 is 16.7 Å². The number of ether oxygens (including phenoxy) is 3. The molecule has 0 saturated carbocycles. The van der Waals surface area contributed by atoms with Crippen molar-refractivity contribution in [2.24, 2.45) is 0 Å². The van der Waals surface area contributed by atoms with Gasteiger partial charge in [-0.3, -0.25) is 9.88 Å². The molecule has 2 saturated heterocycles. The Morgan fingerprint density at radius 2 is 1.75 bits per heavy atom. The van der Waals surface area contributed by atoms with E-state index >= 15 is 0 Å².